The van der Waals surface area contributed by atoms with E-state index in [1.54, 1.807) is 18.3 Å². The molecule has 0 saturated carbocycles. The van der Waals surface area contributed by atoms with Gasteiger partial charge in [0, 0.05) is 38.3 Å². The van der Waals surface area contributed by atoms with Gasteiger partial charge in [0.25, 0.3) is 11.5 Å². The SMILES string of the molecule is COCc1ncc(C(=O)N(C)CC(O)c2cccnc2)c(=O)[nH]1. The molecule has 23 heavy (non-hydrogen) atoms. The number of aromatic nitrogens is 3. The topological polar surface area (TPSA) is 108 Å². The van der Waals surface area contributed by atoms with E-state index >= 15 is 0 Å². The van der Waals surface area contributed by atoms with Crippen molar-refractivity contribution in [3.05, 3.63) is 58.0 Å². The maximum atomic E-state index is 12.3. The summed E-state index contributed by atoms with van der Waals surface area (Å²) in [6.45, 7) is 0.184. The molecule has 2 aromatic rings. The molecule has 8 nitrogen and oxygen atoms in total. The molecule has 0 bridgehead atoms. The van der Waals surface area contributed by atoms with Gasteiger partial charge in [0.05, 0.1) is 12.6 Å². The third-order valence-corrected chi connectivity index (χ3v) is 3.23. The lowest BCUT2D eigenvalue weighted by molar-refractivity contribution is 0.0678. The van der Waals surface area contributed by atoms with Crippen molar-refractivity contribution in [2.75, 3.05) is 20.7 Å². The van der Waals surface area contributed by atoms with Crippen LogP contribution in [-0.4, -0.2) is 51.6 Å². The first-order valence-corrected chi connectivity index (χ1v) is 6.93. The maximum absolute atomic E-state index is 12.3. The van der Waals surface area contributed by atoms with E-state index in [4.69, 9.17) is 4.74 Å². The van der Waals surface area contributed by atoms with E-state index in [0.717, 1.165) is 0 Å². The Labute approximate surface area is 132 Å². The Hall–Kier alpha value is -2.58. The van der Waals surface area contributed by atoms with Crippen LogP contribution in [0.5, 0.6) is 0 Å². The number of hydrogen-bond acceptors (Lipinski definition) is 6. The van der Waals surface area contributed by atoms with Crippen molar-refractivity contribution in [2.45, 2.75) is 12.7 Å². The third-order valence-electron chi connectivity index (χ3n) is 3.23. The van der Waals surface area contributed by atoms with Crippen LogP contribution in [0.1, 0.15) is 27.8 Å². The van der Waals surface area contributed by atoms with Crippen molar-refractivity contribution in [2.24, 2.45) is 0 Å². The van der Waals surface area contributed by atoms with Crippen LogP contribution < -0.4 is 5.56 Å². The number of aliphatic hydroxyl groups excluding tert-OH is 1. The molecule has 0 radical (unpaired) electrons. The number of methoxy groups -OCH3 is 1. The molecule has 2 heterocycles. The summed E-state index contributed by atoms with van der Waals surface area (Å²) < 4.78 is 4.87. The minimum atomic E-state index is -0.891. The molecule has 2 aromatic heterocycles. The van der Waals surface area contributed by atoms with Gasteiger partial charge in [-0.15, -0.1) is 0 Å². The second kappa shape index (κ2) is 7.61. The molecule has 0 saturated heterocycles. The lowest BCUT2D eigenvalue weighted by atomic mass is 10.1. The minimum Gasteiger partial charge on any atom is -0.386 e. The normalized spacial score (nSPS) is 12.0. The number of hydrogen-bond donors (Lipinski definition) is 2. The first-order chi connectivity index (χ1) is 11.0. The number of carbonyl (C=O) groups excluding carboxylic acids is 1. The van der Waals surface area contributed by atoms with Gasteiger partial charge in [0.2, 0.25) is 0 Å². The first kappa shape index (κ1) is 16.8. The number of nitrogens with zero attached hydrogens (tertiary/aromatic N) is 3. The summed E-state index contributed by atoms with van der Waals surface area (Å²) in [7, 11) is 2.98. The van der Waals surface area contributed by atoms with Crippen molar-refractivity contribution in [3.63, 3.8) is 0 Å². The summed E-state index contributed by atoms with van der Waals surface area (Å²) in [6.07, 6.45) is 3.44. The highest BCUT2D eigenvalue weighted by Gasteiger charge is 2.19. The van der Waals surface area contributed by atoms with Gasteiger partial charge in [-0.2, -0.15) is 0 Å². The fraction of sp³-hybridized carbons (Fsp3) is 0.333. The van der Waals surface area contributed by atoms with E-state index in [1.165, 1.54) is 31.5 Å². The number of H-pyrrole nitrogens is 1. The van der Waals surface area contributed by atoms with Gasteiger partial charge >= 0.3 is 0 Å². The molecular formula is C15H18N4O4. The molecule has 0 spiro atoms. The second-order valence-corrected chi connectivity index (χ2v) is 4.99. The number of likely N-dealkylation sites (N-methyl/N-ethyl adjacent to an activating group) is 1. The number of nitrogens with one attached hydrogen (secondary N) is 1. The van der Waals surface area contributed by atoms with Gasteiger partial charge in [-0.05, 0) is 6.07 Å². The zero-order valence-electron chi connectivity index (χ0n) is 12.9. The van der Waals surface area contributed by atoms with Crippen LogP contribution >= 0.6 is 0 Å². The Bertz CT molecular complexity index is 717. The van der Waals surface area contributed by atoms with Gasteiger partial charge in [0.1, 0.15) is 18.0 Å². The van der Waals surface area contributed by atoms with Crippen LogP contribution in [0.4, 0.5) is 0 Å². The molecule has 0 aliphatic carbocycles. The van der Waals surface area contributed by atoms with E-state index in [1.807, 2.05) is 0 Å². The van der Waals surface area contributed by atoms with Crippen LogP contribution in [0.25, 0.3) is 0 Å². The van der Waals surface area contributed by atoms with Crippen molar-refractivity contribution in [1.29, 1.82) is 0 Å². The number of aromatic amines is 1. The molecule has 122 valence electrons. The quantitative estimate of drug-likeness (QED) is 0.783. The summed E-state index contributed by atoms with van der Waals surface area (Å²) in [5.41, 5.74) is -0.0415. The number of carbonyl (C=O) groups is 1. The van der Waals surface area contributed by atoms with Gasteiger partial charge in [-0.1, -0.05) is 6.07 Å². The number of rotatable bonds is 6. The highest BCUT2D eigenvalue weighted by Crippen LogP contribution is 2.12. The first-order valence-electron chi connectivity index (χ1n) is 6.93. The van der Waals surface area contributed by atoms with E-state index in [0.29, 0.717) is 11.4 Å². The number of ether oxygens (including phenoxy) is 1. The summed E-state index contributed by atoms with van der Waals surface area (Å²) in [4.78, 5) is 35.9. The molecule has 0 aromatic carbocycles. The average Bonchev–Trinajstić information content (AvgIpc) is 2.55. The lowest BCUT2D eigenvalue weighted by Gasteiger charge is -2.20. The van der Waals surface area contributed by atoms with Gasteiger partial charge in [-0.25, -0.2) is 4.98 Å². The van der Waals surface area contributed by atoms with Crippen LogP contribution in [0.15, 0.2) is 35.5 Å². The van der Waals surface area contributed by atoms with Gasteiger partial charge in [-0.3, -0.25) is 14.6 Å². The highest BCUT2D eigenvalue weighted by atomic mass is 16.5. The zero-order chi connectivity index (χ0) is 16.8. The maximum Gasteiger partial charge on any atom is 0.263 e. The van der Waals surface area contributed by atoms with E-state index in [-0.39, 0.29) is 18.7 Å². The van der Waals surface area contributed by atoms with Crippen LogP contribution in [0.2, 0.25) is 0 Å². The average molecular weight is 318 g/mol. The molecule has 0 fully saturated rings. The molecule has 8 heteroatoms. The lowest BCUT2D eigenvalue weighted by Crippen LogP contribution is -2.35. The molecular weight excluding hydrogens is 300 g/mol. The molecule has 1 atom stereocenters. The van der Waals surface area contributed by atoms with E-state index < -0.39 is 17.6 Å². The van der Waals surface area contributed by atoms with Crippen molar-refractivity contribution >= 4 is 5.91 Å². The predicted molar refractivity (Wildman–Crippen MR) is 81.7 cm³/mol. The van der Waals surface area contributed by atoms with Crippen LogP contribution in [0, 0.1) is 0 Å². The Balaban J connectivity index is 2.09. The second-order valence-electron chi connectivity index (χ2n) is 4.99. The smallest absolute Gasteiger partial charge is 0.263 e. The van der Waals surface area contributed by atoms with Crippen molar-refractivity contribution < 1.29 is 14.6 Å². The highest BCUT2D eigenvalue weighted by molar-refractivity contribution is 5.93. The standard InChI is InChI=1S/C15H18N4O4/c1-19(8-12(20)10-4-3-5-16-6-10)15(22)11-7-17-13(9-23-2)18-14(11)21/h3-7,12,20H,8-9H2,1-2H3,(H,17,18,21). The predicted octanol–water partition coefficient (Wildman–Crippen LogP) is 0.117. The van der Waals surface area contributed by atoms with Gasteiger partial charge < -0.3 is 19.7 Å². The number of pyridine rings is 1. The van der Waals surface area contributed by atoms with Crippen molar-refractivity contribution in [1.82, 2.24) is 19.9 Å². The summed E-state index contributed by atoms with van der Waals surface area (Å²) in [5.74, 6) is -0.183. The monoisotopic (exact) mass is 318 g/mol. The molecule has 0 aliphatic rings. The largest absolute Gasteiger partial charge is 0.386 e. The van der Waals surface area contributed by atoms with Crippen LogP contribution in [0.3, 0.4) is 0 Å². The molecule has 1 unspecified atom stereocenters. The Morgan fingerprint density at radius 3 is 2.87 bits per heavy atom. The van der Waals surface area contributed by atoms with Gasteiger partial charge in [0.15, 0.2) is 0 Å². The van der Waals surface area contributed by atoms with Crippen molar-refractivity contribution in [3.8, 4) is 0 Å². The molecule has 2 N–H and O–H groups in total. The summed E-state index contributed by atoms with van der Waals surface area (Å²) in [6, 6.07) is 3.41. The van der Waals surface area contributed by atoms with E-state index in [9.17, 15) is 14.7 Å². The Kier molecular flexibility index (Phi) is 5.56. The van der Waals surface area contributed by atoms with Crippen LogP contribution in [-0.2, 0) is 11.3 Å². The number of amides is 1. The third kappa shape index (κ3) is 4.21. The summed E-state index contributed by atoms with van der Waals surface area (Å²) >= 11 is 0. The fourth-order valence-corrected chi connectivity index (χ4v) is 2.02. The minimum absolute atomic E-state index is 0.0315. The number of aliphatic hydroxyl groups is 1. The summed E-state index contributed by atoms with van der Waals surface area (Å²) in [5, 5.41) is 10.1. The van der Waals surface area contributed by atoms with E-state index in [2.05, 4.69) is 15.0 Å². The Morgan fingerprint density at radius 2 is 2.26 bits per heavy atom. The molecule has 1 amide bonds. The molecule has 0 aliphatic heterocycles. The zero-order valence-corrected chi connectivity index (χ0v) is 12.9. The Morgan fingerprint density at radius 1 is 1.48 bits per heavy atom. The fourth-order valence-electron chi connectivity index (χ4n) is 2.02. The molecule has 2 rings (SSSR count).